The average molecular weight is 342 g/mol. The highest BCUT2D eigenvalue weighted by Gasteiger charge is 2.16. The maximum atomic E-state index is 5.28. The second kappa shape index (κ2) is 6.92. The molecule has 0 radical (unpaired) electrons. The van der Waals surface area contributed by atoms with E-state index in [2.05, 4.69) is 20.4 Å². The van der Waals surface area contributed by atoms with Gasteiger partial charge in [-0.1, -0.05) is 5.16 Å². The normalized spacial score (nSPS) is 10.7. The zero-order valence-electron chi connectivity index (χ0n) is 14.0. The van der Waals surface area contributed by atoms with Gasteiger partial charge in [0.05, 0.1) is 18.4 Å². The monoisotopic (exact) mass is 342 g/mol. The van der Waals surface area contributed by atoms with E-state index in [0.717, 1.165) is 39.0 Å². The van der Waals surface area contributed by atoms with Gasteiger partial charge in [-0.25, -0.2) is 9.97 Å². The lowest BCUT2D eigenvalue weighted by Crippen LogP contribution is -2.00. The number of nitrogens with zero attached hydrogens (tertiary/aromatic N) is 3. The van der Waals surface area contributed by atoms with Gasteiger partial charge in [0, 0.05) is 11.9 Å². The molecule has 3 aromatic rings. The highest BCUT2D eigenvalue weighted by molar-refractivity contribution is 7.98. The Bertz CT molecular complexity index is 864. The van der Waals surface area contributed by atoms with Gasteiger partial charge in [-0.05, 0) is 49.9 Å². The standard InChI is InChI=1S/C17H18N4O2S/c1-10-9-12(22-3)5-6-13(10)19-17-18-8-7-14(20-17)15-11(2)23-21-16(15)24-4/h5-9H,1-4H3,(H,18,19,20). The van der Waals surface area contributed by atoms with Crippen LogP contribution in [0.15, 0.2) is 40.0 Å². The van der Waals surface area contributed by atoms with Gasteiger partial charge < -0.3 is 14.6 Å². The van der Waals surface area contributed by atoms with Crippen molar-refractivity contribution in [1.82, 2.24) is 15.1 Å². The number of hydrogen-bond donors (Lipinski definition) is 1. The lowest BCUT2D eigenvalue weighted by atomic mass is 10.2. The molecule has 0 saturated carbocycles. The van der Waals surface area contributed by atoms with Crippen molar-refractivity contribution in [3.63, 3.8) is 0 Å². The van der Waals surface area contributed by atoms with Crippen molar-refractivity contribution in [3.8, 4) is 17.0 Å². The van der Waals surface area contributed by atoms with Crippen LogP contribution in [-0.2, 0) is 0 Å². The van der Waals surface area contributed by atoms with Crippen molar-refractivity contribution < 1.29 is 9.26 Å². The van der Waals surface area contributed by atoms with E-state index in [1.54, 1.807) is 13.3 Å². The molecule has 0 unspecified atom stereocenters. The summed E-state index contributed by atoms with van der Waals surface area (Å²) in [6, 6.07) is 7.66. The van der Waals surface area contributed by atoms with Crippen LogP contribution in [0.4, 0.5) is 11.6 Å². The van der Waals surface area contributed by atoms with Crippen molar-refractivity contribution in [1.29, 1.82) is 0 Å². The van der Waals surface area contributed by atoms with Crippen LogP contribution in [0, 0.1) is 13.8 Å². The first kappa shape index (κ1) is 16.3. The first-order valence-corrected chi connectivity index (χ1v) is 8.60. The Morgan fingerprint density at radius 2 is 2.04 bits per heavy atom. The van der Waals surface area contributed by atoms with Gasteiger partial charge >= 0.3 is 0 Å². The third-order valence-corrected chi connectivity index (χ3v) is 4.28. The summed E-state index contributed by atoms with van der Waals surface area (Å²) in [4.78, 5) is 8.90. The fourth-order valence-electron chi connectivity index (χ4n) is 2.36. The molecule has 3 rings (SSSR count). The third-order valence-electron chi connectivity index (χ3n) is 3.62. The Labute approximate surface area is 144 Å². The molecule has 0 spiro atoms. The Balaban J connectivity index is 1.92. The molecule has 0 atom stereocenters. The minimum atomic E-state index is 0.522. The van der Waals surface area contributed by atoms with Crippen molar-refractivity contribution in [3.05, 3.63) is 41.8 Å². The van der Waals surface area contributed by atoms with Crippen molar-refractivity contribution >= 4 is 23.4 Å². The predicted molar refractivity (Wildman–Crippen MR) is 95.1 cm³/mol. The number of aryl methyl sites for hydroxylation is 2. The molecule has 1 N–H and O–H groups in total. The molecule has 24 heavy (non-hydrogen) atoms. The molecule has 2 heterocycles. The van der Waals surface area contributed by atoms with E-state index in [1.165, 1.54) is 11.8 Å². The molecule has 0 amide bonds. The van der Waals surface area contributed by atoms with Crippen LogP contribution >= 0.6 is 11.8 Å². The van der Waals surface area contributed by atoms with Crippen molar-refractivity contribution in [2.45, 2.75) is 18.9 Å². The summed E-state index contributed by atoms with van der Waals surface area (Å²) >= 11 is 1.53. The fraction of sp³-hybridized carbons (Fsp3) is 0.235. The van der Waals surface area contributed by atoms with E-state index >= 15 is 0 Å². The second-order valence-electron chi connectivity index (χ2n) is 5.19. The Morgan fingerprint density at radius 3 is 2.75 bits per heavy atom. The molecule has 7 heteroatoms. The third kappa shape index (κ3) is 3.21. The summed E-state index contributed by atoms with van der Waals surface area (Å²) in [5.74, 6) is 2.08. The second-order valence-corrected chi connectivity index (χ2v) is 5.99. The number of benzene rings is 1. The van der Waals surface area contributed by atoms with Crippen molar-refractivity contribution in [2.75, 3.05) is 18.7 Å². The first-order chi connectivity index (χ1) is 11.6. The molecule has 6 nitrogen and oxygen atoms in total. The minimum Gasteiger partial charge on any atom is -0.497 e. The number of hydrogen-bond acceptors (Lipinski definition) is 7. The smallest absolute Gasteiger partial charge is 0.227 e. The van der Waals surface area contributed by atoms with Crippen LogP contribution in [0.25, 0.3) is 11.3 Å². The summed E-state index contributed by atoms with van der Waals surface area (Å²) in [7, 11) is 1.65. The minimum absolute atomic E-state index is 0.522. The van der Waals surface area contributed by atoms with E-state index in [4.69, 9.17) is 9.26 Å². The molecule has 124 valence electrons. The van der Waals surface area contributed by atoms with Crippen LogP contribution in [0.1, 0.15) is 11.3 Å². The summed E-state index contributed by atoms with van der Waals surface area (Å²) in [5.41, 5.74) is 3.66. The quantitative estimate of drug-likeness (QED) is 0.696. The molecular weight excluding hydrogens is 324 g/mol. The van der Waals surface area contributed by atoms with Gasteiger partial charge in [-0.2, -0.15) is 0 Å². The number of methoxy groups -OCH3 is 1. The molecule has 2 aromatic heterocycles. The molecule has 0 aliphatic rings. The summed E-state index contributed by atoms with van der Waals surface area (Å²) in [6.45, 7) is 3.88. The molecule has 0 fully saturated rings. The van der Waals surface area contributed by atoms with Gasteiger partial charge in [0.2, 0.25) is 5.95 Å². The lowest BCUT2D eigenvalue weighted by Gasteiger charge is -2.10. The average Bonchev–Trinajstić information content (AvgIpc) is 2.97. The van der Waals surface area contributed by atoms with E-state index in [-0.39, 0.29) is 0 Å². The molecule has 0 bridgehead atoms. The van der Waals surface area contributed by atoms with Crippen LogP contribution in [0.5, 0.6) is 5.75 Å². The fourth-order valence-corrected chi connectivity index (χ4v) is 2.93. The summed E-state index contributed by atoms with van der Waals surface area (Å²) < 4.78 is 10.5. The van der Waals surface area contributed by atoms with Gasteiger partial charge in [-0.15, -0.1) is 11.8 Å². The summed E-state index contributed by atoms with van der Waals surface area (Å²) in [5, 5.41) is 8.12. The summed E-state index contributed by atoms with van der Waals surface area (Å²) in [6.07, 6.45) is 3.68. The van der Waals surface area contributed by atoms with E-state index in [1.807, 2.05) is 44.4 Å². The molecular formula is C17H18N4O2S. The number of aromatic nitrogens is 3. The van der Waals surface area contributed by atoms with E-state index in [9.17, 15) is 0 Å². The first-order valence-electron chi connectivity index (χ1n) is 7.37. The highest BCUT2D eigenvalue weighted by Crippen LogP contribution is 2.32. The zero-order valence-corrected chi connectivity index (χ0v) is 14.8. The molecule has 0 aliphatic heterocycles. The number of thioether (sulfide) groups is 1. The number of rotatable bonds is 5. The van der Waals surface area contributed by atoms with Gasteiger partial charge in [0.1, 0.15) is 16.5 Å². The number of nitrogens with one attached hydrogen (secondary N) is 1. The van der Waals surface area contributed by atoms with Crippen LogP contribution in [0.3, 0.4) is 0 Å². The predicted octanol–water partition coefficient (Wildman–Crippen LogP) is 4.22. The topological polar surface area (TPSA) is 73.1 Å². The van der Waals surface area contributed by atoms with E-state index in [0.29, 0.717) is 5.95 Å². The SMILES string of the molecule is COc1ccc(Nc2nccc(-c3c(SC)noc3C)n2)c(C)c1. The molecule has 0 aliphatic carbocycles. The van der Waals surface area contributed by atoms with Crippen LogP contribution in [-0.4, -0.2) is 28.5 Å². The lowest BCUT2D eigenvalue weighted by molar-refractivity contribution is 0.384. The zero-order chi connectivity index (χ0) is 17.1. The Hall–Kier alpha value is -2.54. The van der Waals surface area contributed by atoms with Crippen molar-refractivity contribution in [2.24, 2.45) is 0 Å². The van der Waals surface area contributed by atoms with Gasteiger partial charge in [-0.3, -0.25) is 0 Å². The maximum absolute atomic E-state index is 5.28. The van der Waals surface area contributed by atoms with E-state index < -0.39 is 0 Å². The van der Waals surface area contributed by atoms with Gasteiger partial charge in [0.25, 0.3) is 0 Å². The Kier molecular flexibility index (Phi) is 4.71. The van der Waals surface area contributed by atoms with Crippen LogP contribution < -0.4 is 10.1 Å². The number of anilines is 2. The molecule has 1 aromatic carbocycles. The maximum Gasteiger partial charge on any atom is 0.227 e. The highest BCUT2D eigenvalue weighted by atomic mass is 32.2. The number of ether oxygens (including phenoxy) is 1. The Morgan fingerprint density at radius 1 is 1.21 bits per heavy atom. The van der Waals surface area contributed by atoms with Gasteiger partial charge in [0.15, 0.2) is 0 Å². The largest absolute Gasteiger partial charge is 0.497 e. The molecule has 0 saturated heterocycles. The van der Waals surface area contributed by atoms with Crippen LogP contribution in [0.2, 0.25) is 0 Å².